The van der Waals surface area contributed by atoms with E-state index in [0.29, 0.717) is 17.8 Å². The van der Waals surface area contributed by atoms with Crippen LogP contribution in [0.15, 0.2) is 18.2 Å². The lowest BCUT2D eigenvalue weighted by molar-refractivity contribution is 0.0956. The first-order valence-corrected chi connectivity index (χ1v) is 7.46. The van der Waals surface area contributed by atoms with Crippen molar-refractivity contribution in [3.8, 4) is 0 Å². The van der Waals surface area contributed by atoms with Crippen molar-refractivity contribution in [2.75, 3.05) is 24.1 Å². The van der Waals surface area contributed by atoms with E-state index in [-0.39, 0.29) is 5.91 Å². The summed E-state index contributed by atoms with van der Waals surface area (Å²) in [7, 11) is 0. The molecule has 0 aromatic heterocycles. The Labute approximate surface area is 122 Å². The van der Waals surface area contributed by atoms with Crippen LogP contribution < -0.4 is 16.4 Å². The normalized spacial score (nSPS) is 10.6. The van der Waals surface area contributed by atoms with Gasteiger partial charge >= 0.3 is 0 Å². The number of nitrogens with one attached hydrogen (secondary N) is 2. The Morgan fingerprint density at radius 1 is 1.30 bits per heavy atom. The van der Waals surface area contributed by atoms with Gasteiger partial charge in [-0.1, -0.05) is 26.7 Å². The number of hydrogen-bond acceptors (Lipinski definition) is 3. The quantitative estimate of drug-likeness (QED) is 0.504. The second-order valence-electron chi connectivity index (χ2n) is 5.48. The lowest BCUT2D eigenvalue weighted by atomic mass is 10.1. The number of carbonyl (C=O) groups excluding carboxylic acids is 1. The van der Waals surface area contributed by atoms with E-state index in [9.17, 15) is 4.79 Å². The number of carbonyl (C=O) groups is 1. The van der Waals surface area contributed by atoms with Crippen LogP contribution in [0.25, 0.3) is 0 Å². The third-order valence-corrected chi connectivity index (χ3v) is 3.18. The fourth-order valence-corrected chi connectivity index (χ4v) is 2.01. The lowest BCUT2D eigenvalue weighted by Gasteiger charge is -2.11. The van der Waals surface area contributed by atoms with Crippen LogP contribution in [0.2, 0.25) is 0 Å². The Hall–Kier alpha value is -1.71. The third-order valence-electron chi connectivity index (χ3n) is 3.18. The van der Waals surface area contributed by atoms with Gasteiger partial charge in [0.25, 0.3) is 5.91 Å². The van der Waals surface area contributed by atoms with E-state index in [2.05, 4.69) is 24.5 Å². The molecular formula is C16H27N3O. The number of benzene rings is 1. The number of nitrogen functional groups attached to an aromatic ring is 1. The Bertz CT molecular complexity index is 430. The van der Waals surface area contributed by atoms with Gasteiger partial charge in [-0.3, -0.25) is 4.79 Å². The summed E-state index contributed by atoms with van der Waals surface area (Å²) >= 11 is 0. The van der Waals surface area contributed by atoms with Crippen molar-refractivity contribution in [3.05, 3.63) is 23.8 Å². The zero-order chi connectivity index (χ0) is 15.0. The maximum Gasteiger partial charge on any atom is 0.251 e. The van der Waals surface area contributed by atoms with E-state index in [0.717, 1.165) is 24.6 Å². The van der Waals surface area contributed by atoms with Crippen molar-refractivity contribution in [1.29, 1.82) is 0 Å². The largest absolute Gasteiger partial charge is 0.397 e. The highest BCUT2D eigenvalue weighted by Crippen LogP contribution is 2.20. The van der Waals surface area contributed by atoms with Crippen LogP contribution >= 0.6 is 0 Å². The molecule has 1 aromatic rings. The van der Waals surface area contributed by atoms with Crippen LogP contribution in [0, 0.1) is 5.92 Å². The summed E-state index contributed by atoms with van der Waals surface area (Å²) in [4.78, 5) is 11.8. The average Bonchev–Trinajstić information content (AvgIpc) is 2.40. The van der Waals surface area contributed by atoms with Crippen molar-refractivity contribution in [1.82, 2.24) is 5.32 Å². The molecule has 0 aliphatic rings. The summed E-state index contributed by atoms with van der Waals surface area (Å²) in [6.07, 6.45) is 3.57. The summed E-state index contributed by atoms with van der Waals surface area (Å²) in [5.74, 6) is 0.691. The molecule has 4 nitrogen and oxygen atoms in total. The molecule has 0 bridgehead atoms. The molecule has 0 fully saturated rings. The summed E-state index contributed by atoms with van der Waals surface area (Å²) in [6.45, 7) is 7.89. The molecule has 20 heavy (non-hydrogen) atoms. The Morgan fingerprint density at radius 3 is 2.70 bits per heavy atom. The molecule has 0 aliphatic carbocycles. The van der Waals surface area contributed by atoms with Crippen molar-refractivity contribution >= 4 is 17.3 Å². The minimum atomic E-state index is -0.0599. The molecule has 4 heteroatoms. The minimum absolute atomic E-state index is 0.0599. The van der Waals surface area contributed by atoms with Crippen LogP contribution in [-0.4, -0.2) is 19.0 Å². The molecule has 112 valence electrons. The Balaban J connectivity index is 2.52. The summed E-state index contributed by atoms with van der Waals surface area (Å²) in [5.41, 5.74) is 8.10. The molecule has 0 aliphatic heterocycles. The molecule has 0 spiro atoms. The van der Waals surface area contributed by atoms with Gasteiger partial charge in [-0.15, -0.1) is 0 Å². The first kappa shape index (κ1) is 16.3. The summed E-state index contributed by atoms with van der Waals surface area (Å²) in [5, 5.41) is 6.11. The molecule has 0 unspecified atom stereocenters. The van der Waals surface area contributed by atoms with Crippen LogP contribution in [-0.2, 0) is 0 Å². The third kappa shape index (κ3) is 5.51. The summed E-state index contributed by atoms with van der Waals surface area (Å²) in [6, 6.07) is 5.36. The second kappa shape index (κ2) is 8.46. The monoisotopic (exact) mass is 277 g/mol. The van der Waals surface area contributed by atoms with Crippen molar-refractivity contribution in [2.45, 2.75) is 40.0 Å². The average molecular weight is 277 g/mol. The van der Waals surface area contributed by atoms with E-state index in [1.807, 2.05) is 13.0 Å². The van der Waals surface area contributed by atoms with Gasteiger partial charge in [-0.25, -0.2) is 0 Å². The van der Waals surface area contributed by atoms with Crippen molar-refractivity contribution in [2.24, 2.45) is 5.92 Å². The van der Waals surface area contributed by atoms with Gasteiger partial charge in [0.2, 0.25) is 0 Å². The van der Waals surface area contributed by atoms with E-state index < -0.39 is 0 Å². The number of hydrogen-bond donors (Lipinski definition) is 3. The Kier molecular flexibility index (Phi) is 6.91. The maximum atomic E-state index is 11.8. The number of unbranched alkanes of at least 4 members (excludes halogenated alkanes) is 1. The zero-order valence-electron chi connectivity index (χ0n) is 12.8. The van der Waals surface area contributed by atoms with Gasteiger partial charge in [0, 0.05) is 18.7 Å². The smallest absolute Gasteiger partial charge is 0.251 e. The van der Waals surface area contributed by atoms with Crippen LogP contribution in [0.5, 0.6) is 0 Å². The fraction of sp³-hybridized carbons (Fsp3) is 0.562. The number of nitrogens with two attached hydrogens (primary N) is 1. The first-order valence-electron chi connectivity index (χ1n) is 7.46. The van der Waals surface area contributed by atoms with Crippen LogP contribution in [0.1, 0.15) is 50.4 Å². The standard InChI is InChI=1S/C16H27N3O/c1-4-18-16(20)13-8-9-14(17)15(11-13)19-10-6-5-7-12(2)3/h8-9,11-12,19H,4-7,10,17H2,1-3H3,(H,18,20). The van der Waals surface area contributed by atoms with Crippen LogP contribution in [0.4, 0.5) is 11.4 Å². The highest BCUT2D eigenvalue weighted by Gasteiger charge is 2.07. The topological polar surface area (TPSA) is 67.2 Å². The van der Waals surface area contributed by atoms with E-state index in [1.165, 1.54) is 12.8 Å². The van der Waals surface area contributed by atoms with Gasteiger partial charge in [0.15, 0.2) is 0 Å². The van der Waals surface area contributed by atoms with Crippen molar-refractivity contribution in [3.63, 3.8) is 0 Å². The van der Waals surface area contributed by atoms with Gasteiger partial charge in [0.1, 0.15) is 0 Å². The molecule has 1 amide bonds. The van der Waals surface area contributed by atoms with Gasteiger partial charge < -0.3 is 16.4 Å². The number of anilines is 2. The van der Waals surface area contributed by atoms with E-state index in [4.69, 9.17) is 5.73 Å². The number of amides is 1. The zero-order valence-corrected chi connectivity index (χ0v) is 12.8. The highest BCUT2D eigenvalue weighted by atomic mass is 16.1. The SMILES string of the molecule is CCNC(=O)c1ccc(N)c(NCCCCC(C)C)c1. The highest BCUT2D eigenvalue weighted by molar-refractivity contribution is 5.96. The molecule has 0 saturated carbocycles. The molecule has 0 heterocycles. The van der Waals surface area contributed by atoms with Gasteiger partial charge in [0.05, 0.1) is 11.4 Å². The Morgan fingerprint density at radius 2 is 2.05 bits per heavy atom. The lowest BCUT2D eigenvalue weighted by Crippen LogP contribution is -2.22. The minimum Gasteiger partial charge on any atom is -0.397 e. The maximum absolute atomic E-state index is 11.8. The molecular weight excluding hydrogens is 250 g/mol. The molecule has 1 aromatic carbocycles. The van der Waals surface area contributed by atoms with Gasteiger partial charge in [-0.05, 0) is 37.5 Å². The molecule has 0 radical (unpaired) electrons. The number of rotatable bonds is 8. The molecule has 4 N–H and O–H groups in total. The van der Waals surface area contributed by atoms with E-state index in [1.54, 1.807) is 12.1 Å². The molecule has 0 saturated heterocycles. The first-order chi connectivity index (χ1) is 9.54. The second-order valence-corrected chi connectivity index (χ2v) is 5.48. The molecule has 1 rings (SSSR count). The predicted molar refractivity (Wildman–Crippen MR) is 86.0 cm³/mol. The summed E-state index contributed by atoms with van der Waals surface area (Å²) < 4.78 is 0. The van der Waals surface area contributed by atoms with Crippen LogP contribution in [0.3, 0.4) is 0 Å². The van der Waals surface area contributed by atoms with Crippen molar-refractivity contribution < 1.29 is 4.79 Å². The van der Waals surface area contributed by atoms with Gasteiger partial charge in [-0.2, -0.15) is 0 Å². The molecule has 0 atom stereocenters. The predicted octanol–water partition coefficient (Wildman–Crippen LogP) is 3.26. The fourth-order valence-electron chi connectivity index (χ4n) is 2.01. The van der Waals surface area contributed by atoms with E-state index >= 15 is 0 Å².